The molecule has 0 rings (SSSR count). The monoisotopic (exact) mass is 259 g/mol. The van der Waals surface area contributed by atoms with Gasteiger partial charge in [0.15, 0.2) is 0 Å². The second kappa shape index (κ2) is 8.08. The number of hydrogen-bond donors (Lipinski definition) is 3. The summed E-state index contributed by atoms with van der Waals surface area (Å²) in [5, 5.41) is 21.0. The van der Waals surface area contributed by atoms with Crippen molar-refractivity contribution in [3.63, 3.8) is 0 Å². The van der Waals surface area contributed by atoms with Gasteiger partial charge in [-0.1, -0.05) is 13.8 Å². The molecule has 0 heterocycles. The summed E-state index contributed by atoms with van der Waals surface area (Å²) in [7, 11) is 0. The Bertz CT molecular complexity index is 272. The van der Waals surface area contributed by atoms with Gasteiger partial charge in [0, 0.05) is 13.0 Å². The van der Waals surface area contributed by atoms with E-state index in [1.54, 1.807) is 20.8 Å². The van der Waals surface area contributed by atoms with E-state index in [2.05, 4.69) is 5.32 Å². The van der Waals surface area contributed by atoms with Crippen molar-refractivity contribution < 1.29 is 19.8 Å². The first-order chi connectivity index (χ1) is 8.38. The molecule has 0 aliphatic rings. The Morgan fingerprint density at radius 2 is 1.83 bits per heavy atom. The van der Waals surface area contributed by atoms with Crippen LogP contribution < -0.4 is 5.32 Å². The molecular formula is C13H25NO4. The van der Waals surface area contributed by atoms with Gasteiger partial charge in [0.1, 0.15) is 0 Å². The summed E-state index contributed by atoms with van der Waals surface area (Å²) < 4.78 is 0. The third-order valence-corrected chi connectivity index (χ3v) is 3.43. The molecule has 5 nitrogen and oxygen atoms in total. The van der Waals surface area contributed by atoms with Crippen LogP contribution in [0.1, 0.15) is 52.9 Å². The van der Waals surface area contributed by atoms with E-state index in [0.717, 1.165) is 0 Å². The molecule has 0 aromatic rings. The fraction of sp³-hybridized carbons (Fsp3) is 0.846. The Morgan fingerprint density at radius 3 is 2.22 bits per heavy atom. The Morgan fingerprint density at radius 1 is 1.28 bits per heavy atom. The van der Waals surface area contributed by atoms with Gasteiger partial charge in [0.05, 0.1) is 11.5 Å². The zero-order valence-electron chi connectivity index (χ0n) is 11.5. The summed E-state index contributed by atoms with van der Waals surface area (Å²) in [6.07, 6.45) is 1.86. The SMILES string of the molecule is CCC(CC)(CC(=O)NCCCC(C)O)C(=O)O. The molecule has 0 aromatic carbocycles. The van der Waals surface area contributed by atoms with E-state index in [1.165, 1.54) is 0 Å². The molecule has 5 heteroatoms. The lowest BCUT2D eigenvalue weighted by atomic mass is 9.79. The van der Waals surface area contributed by atoms with Crippen LogP contribution in [0.15, 0.2) is 0 Å². The first-order valence-corrected chi connectivity index (χ1v) is 6.56. The summed E-state index contributed by atoms with van der Waals surface area (Å²) in [4.78, 5) is 22.9. The van der Waals surface area contributed by atoms with Crippen molar-refractivity contribution in [2.24, 2.45) is 5.41 Å². The zero-order valence-corrected chi connectivity index (χ0v) is 11.5. The van der Waals surface area contributed by atoms with Gasteiger partial charge in [-0.25, -0.2) is 0 Å². The van der Waals surface area contributed by atoms with Crippen molar-refractivity contribution in [1.82, 2.24) is 5.32 Å². The number of nitrogens with one attached hydrogen (secondary N) is 1. The van der Waals surface area contributed by atoms with Gasteiger partial charge in [0.25, 0.3) is 0 Å². The average Bonchev–Trinajstić information content (AvgIpc) is 2.31. The minimum atomic E-state index is -0.950. The topological polar surface area (TPSA) is 86.6 Å². The predicted molar refractivity (Wildman–Crippen MR) is 69.2 cm³/mol. The minimum absolute atomic E-state index is 0.0179. The number of carbonyl (C=O) groups excluding carboxylic acids is 1. The van der Waals surface area contributed by atoms with Crippen LogP contribution in [0.2, 0.25) is 0 Å². The van der Waals surface area contributed by atoms with Crippen LogP contribution in [-0.4, -0.2) is 34.7 Å². The van der Waals surface area contributed by atoms with E-state index in [4.69, 9.17) is 5.11 Å². The molecule has 0 fully saturated rings. The maximum absolute atomic E-state index is 11.7. The van der Waals surface area contributed by atoms with Crippen molar-refractivity contribution in [2.75, 3.05) is 6.54 Å². The van der Waals surface area contributed by atoms with Crippen LogP contribution in [-0.2, 0) is 9.59 Å². The number of aliphatic hydroxyl groups is 1. The molecule has 0 radical (unpaired) electrons. The van der Waals surface area contributed by atoms with Gasteiger partial charge < -0.3 is 15.5 Å². The molecule has 3 N–H and O–H groups in total. The standard InChI is InChI=1S/C13H25NO4/c1-4-13(5-2,12(17)18)9-11(16)14-8-6-7-10(3)15/h10,15H,4-9H2,1-3H3,(H,14,16)(H,17,18). The highest BCUT2D eigenvalue weighted by molar-refractivity contribution is 5.84. The number of carboxylic acid groups (broad SMARTS) is 1. The number of hydrogen-bond acceptors (Lipinski definition) is 3. The Kier molecular flexibility index (Phi) is 7.59. The Balaban J connectivity index is 4.16. The van der Waals surface area contributed by atoms with Gasteiger partial charge in [-0.05, 0) is 32.6 Å². The van der Waals surface area contributed by atoms with Crippen LogP contribution in [0, 0.1) is 5.41 Å². The number of aliphatic carboxylic acids is 1. The second-order valence-electron chi connectivity index (χ2n) is 4.81. The van der Waals surface area contributed by atoms with E-state index < -0.39 is 11.4 Å². The quantitative estimate of drug-likeness (QED) is 0.548. The molecule has 0 bridgehead atoms. The van der Waals surface area contributed by atoms with E-state index >= 15 is 0 Å². The lowest BCUT2D eigenvalue weighted by Crippen LogP contribution is -2.37. The number of carboxylic acids is 1. The molecule has 1 atom stereocenters. The van der Waals surface area contributed by atoms with Crippen LogP contribution in [0.25, 0.3) is 0 Å². The molecule has 0 aliphatic heterocycles. The van der Waals surface area contributed by atoms with E-state index in [-0.39, 0.29) is 18.4 Å². The molecule has 106 valence electrons. The minimum Gasteiger partial charge on any atom is -0.481 e. The molecule has 18 heavy (non-hydrogen) atoms. The third kappa shape index (κ3) is 5.49. The zero-order chi connectivity index (χ0) is 14.2. The lowest BCUT2D eigenvalue weighted by Gasteiger charge is -2.25. The van der Waals surface area contributed by atoms with Gasteiger partial charge in [-0.3, -0.25) is 9.59 Å². The maximum Gasteiger partial charge on any atom is 0.310 e. The highest BCUT2D eigenvalue weighted by Gasteiger charge is 2.36. The Hall–Kier alpha value is -1.10. The highest BCUT2D eigenvalue weighted by Crippen LogP contribution is 2.30. The molecule has 0 saturated carbocycles. The largest absolute Gasteiger partial charge is 0.481 e. The molecule has 1 unspecified atom stereocenters. The van der Waals surface area contributed by atoms with E-state index in [0.29, 0.717) is 32.2 Å². The summed E-state index contributed by atoms with van der Waals surface area (Å²) in [5.41, 5.74) is -0.950. The average molecular weight is 259 g/mol. The third-order valence-electron chi connectivity index (χ3n) is 3.43. The van der Waals surface area contributed by atoms with Crippen molar-refractivity contribution in [3.05, 3.63) is 0 Å². The smallest absolute Gasteiger partial charge is 0.310 e. The Labute approximate surface area is 109 Å². The number of carbonyl (C=O) groups is 2. The van der Waals surface area contributed by atoms with E-state index in [9.17, 15) is 14.7 Å². The van der Waals surface area contributed by atoms with Crippen molar-refractivity contribution in [1.29, 1.82) is 0 Å². The molecule has 0 aromatic heterocycles. The lowest BCUT2D eigenvalue weighted by molar-refractivity contribution is -0.152. The fourth-order valence-corrected chi connectivity index (χ4v) is 1.87. The fourth-order valence-electron chi connectivity index (χ4n) is 1.87. The highest BCUT2D eigenvalue weighted by atomic mass is 16.4. The second-order valence-corrected chi connectivity index (χ2v) is 4.81. The van der Waals surface area contributed by atoms with Crippen LogP contribution in [0.4, 0.5) is 0 Å². The normalized spacial score (nSPS) is 13.1. The van der Waals surface area contributed by atoms with Crippen molar-refractivity contribution in [2.45, 2.75) is 59.0 Å². The van der Waals surface area contributed by atoms with Crippen molar-refractivity contribution in [3.8, 4) is 0 Å². The predicted octanol–water partition coefficient (Wildman–Crippen LogP) is 1.54. The van der Waals surface area contributed by atoms with Gasteiger partial charge in [-0.2, -0.15) is 0 Å². The summed E-state index contributed by atoms with van der Waals surface area (Å²) in [6, 6.07) is 0. The molecule has 0 saturated heterocycles. The first kappa shape index (κ1) is 16.9. The molecule has 0 aliphatic carbocycles. The van der Waals surface area contributed by atoms with Crippen LogP contribution in [0.3, 0.4) is 0 Å². The number of rotatable bonds is 9. The van der Waals surface area contributed by atoms with Gasteiger partial charge in [0.2, 0.25) is 5.91 Å². The molecular weight excluding hydrogens is 234 g/mol. The summed E-state index contributed by atoms with van der Waals surface area (Å²) >= 11 is 0. The maximum atomic E-state index is 11.7. The summed E-state index contributed by atoms with van der Waals surface area (Å²) in [6.45, 7) is 5.76. The molecule has 1 amide bonds. The number of amides is 1. The van der Waals surface area contributed by atoms with Crippen LogP contribution in [0.5, 0.6) is 0 Å². The van der Waals surface area contributed by atoms with Crippen molar-refractivity contribution >= 4 is 11.9 Å². The van der Waals surface area contributed by atoms with Gasteiger partial charge >= 0.3 is 5.97 Å². The first-order valence-electron chi connectivity index (χ1n) is 6.56. The summed E-state index contributed by atoms with van der Waals surface area (Å²) in [5.74, 6) is -1.14. The van der Waals surface area contributed by atoms with E-state index in [1.807, 2.05) is 0 Å². The molecule has 0 spiro atoms. The number of aliphatic hydroxyl groups excluding tert-OH is 1. The van der Waals surface area contributed by atoms with Gasteiger partial charge in [-0.15, -0.1) is 0 Å². The van der Waals surface area contributed by atoms with Crippen LogP contribution >= 0.6 is 0 Å².